The van der Waals surface area contributed by atoms with Crippen molar-refractivity contribution in [3.05, 3.63) is 108 Å². The zero-order valence-electron chi connectivity index (χ0n) is 17.1. The van der Waals surface area contributed by atoms with Gasteiger partial charge in [-0.2, -0.15) is 0 Å². The minimum absolute atomic E-state index is 0.127. The standard InChI is InChI=1S/C28H25Cl/c1-28(2,3)22-18-16-21(17-19-22)27-25(14-9-15-26(27)29)24-13-8-7-12-23(24)20-10-5-4-6-11-20/h4-19H,1-3H3. The van der Waals surface area contributed by atoms with Gasteiger partial charge in [0.2, 0.25) is 0 Å². The molecule has 0 fully saturated rings. The van der Waals surface area contributed by atoms with Gasteiger partial charge in [-0.1, -0.05) is 123 Å². The molecule has 4 aromatic rings. The van der Waals surface area contributed by atoms with Crippen molar-refractivity contribution >= 4 is 11.6 Å². The van der Waals surface area contributed by atoms with Crippen molar-refractivity contribution < 1.29 is 0 Å². The molecule has 0 aliphatic carbocycles. The van der Waals surface area contributed by atoms with Crippen molar-refractivity contribution in [2.45, 2.75) is 26.2 Å². The van der Waals surface area contributed by atoms with E-state index in [9.17, 15) is 0 Å². The summed E-state index contributed by atoms with van der Waals surface area (Å²) >= 11 is 6.74. The molecule has 1 heteroatoms. The second-order valence-corrected chi connectivity index (χ2v) is 8.81. The minimum Gasteiger partial charge on any atom is -0.0836 e. The Labute approximate surface area is 178 Å². The topological polar surface area (TPSA) is 0 Å². The maximum atomic E-state index is 6.74. The smallest absolute Gasteiger partial charge is 0.0490 e. The van der Waals surface area contributed by atoms with Crippen molar-refractivity contribution in [2.24, 2.45) is 0 Å². The molecular weight excluding hydrogens is 372 g/mol. The van der Waals surface area contributed by atoms with E-state index in [1.807, 2.05) is 18.2 Å². The normalized spacial score (nSPS) is 11.4. The van der Waals surface area contributed by atoms with Gasteiger partial charge in [0, 0.05) is 10.6 Å². The molecule has 0 unspecified atom stereocenters. The van der Waals surface area contributed by atoms with Crippen LogP contribution in [0.15, 0.2) is 97.1 Å². The van der Waals surface area contributed by atoms with Gasteiger partial charge in [0.05, 0.1) is 0 Å². The first-order valence-electron chi connectivity index (χ1n) is 9.99. The van der Waals surface area contributed by atoms with Crippen LogP contribution in [0.25, 0.3) is 33.4 Å². The molecule has 0 atom stereocenters. The van der Waals surface area contributed by atoms with Crippen LogP contribution in [-0.4, -0.2) is 0 Å². The van der Waals surface area contributed by atoms with Crippen LogP contribution < -0.4 is 0 Å². The van der Waals surface area contributed by atoms with Crippen LogP contribution >= 0.6 is 11.6 Å². The molecule has 0 saturated carbocycles. The van der Waals surface area contributed by atoms with Crippen molar-refractivity contribution in [1.82, 2.24) is 0 Å². The zero-order chi connectivity index (χ0) is 20.4. The Morgan fingerprint density at radius 1 is 0.517 bits per heavy atom. The van der Waals surface area contributed by atoms with E-state index in [0.717, 1.165) is 21.7 Å². The highest BCUT2D eigenvalue weighted by molar-refractivity contribution is 6.34. The number of hydrogen-bond acceptors (Lipinski definition) is 0. The highest BCUT2D eigenvalue weighted by Gasteiger charge is 2.17. The Kier molecular flexibility index (Phi) is 5.30. The molecule has 0 nitrogen and oxygen atoms in total. The van der Waals surface area contributed by atoms with Gasteiger partial charge in [0.25, 0.3) is 0 Å². The van der Waals surface area contributed by atoms with Crippen LogP contribution in [0.4, 0.5) is 0 Å². The van der Waals surface area contributed by atoms with Crippen LogP contribution in [0.1, 0.15) is 26.3 Å². The van der Waals surface area contributed by atoms with E-state index in [-0.39, 0.29) is 5.41 Å². The van der Waals surface area contributed by atoms with Gasteiger partial charge in [0.15, 0.2) is 0 Å². The Morgan fingerprint density at radius 2 is 1.10 bits per heavy atom. The molecule has 0 heterocycles. The van der Waals surface area contributed by atoms with Gasteiger partial charge >= 0.3 is 0 Å². The molecule has 0 aliphatic heterocycles. The van der Waals surface area contributed by atoms with Gasteiger partial charge in [0.1, 0.15) is 0 Å². The Bertz CT molecular complexity index is 1120. The van der Waals surface area contributed by atoms with Gasteiger partial charge in [-0.25, -0.2) is 0 Å². The summed E-state index contributed by atoms with van der Waals surface area (Å²) in [6.07, 6.45) is 0. The van der Waals surface area contributed by atoms with E-state index in [1.165, 1.54) is 22.3 Å². The van der Waals surface area contributed by atoms with Crippen molar-refractivity contribution in [1.29, 1.82) is 0 Å². The second kappa shape index (κ2) is 7.89. The maximum absolute atomic E-state index is 6.74. The van der Waals surface area contributed by atoms with Gasteiger partial charge in [-0.3, -0.25) is 0 Å². The number of hydrogen-bond donors (Lipinski definition) is 0. The average Bonchev–Trinajstić information content (AvgIpc) is 2.74. The van der Waals surface area contributed by atoms with Crippen LogP contribution in [0.3, 0.4) is 0 Å². The van der Waals surface area contributed by atoms with Crippen molar-refractivity contribution in [3.8, 4) is 33.4 Å². The summed E-state index contributed by atoms with van der Waals surface area (Å²) < 4.78 is 0. The molecule has 0 aliphatic rings. The molecule has 29 heavy (non-hydrogen) atoms. The van der Waals surface area contributed by atoms with E-state index in [0.29, 0.717) is 0 Å². The predicted octanol–water partition coefficient (Wildman–Crippen LogP) is 8.64. The molecule has 0 radical (unpaired) electrons. The molecule has 0 amide bonds. The zero-order valence-corrected chi connectivity index (χ0v) is 17.9. The maximum Gasteiger partial charge on any atom is 0.0490 e. The summed E-state index contributed by atoms with van der Waals surface area (Å²) in [7, 11) is 0. The fourth-order valence-electron chi connectivity index (χ4n) is 3.77. The Hall–Kier alpha value is -2.83. The molecule has 0 saturated heterocycles. The van der Waals surface area contributed by atoms with E-state index in [4.69, 9.17) is 11.6 Å². The minimum atomic E-state index is 0.127. The predicted molar refractivity (Wildman–Crippen MR) is 126 cm³/mol. The lowest BCUT2D eigenvalue weighted by Gasteiger charge is -2.20. The lowest BCUT2D eigenvalue weighted by Crippen LogP contribution is -2.10. The van der Waals surface area contributed by atoms with Crippen LogP contribution in [0.2, 0.25) is 5.02 Å². The Morgan fingerprint density at radius 3 is 1.76 bits per heavy atom. The summed E-state index contributed by atoms with van der Waals surface area (Å²) in [6.45, 7) is 6.71. The fourth-order valence-corrected chi connectivity index (χ4v) is 4.05. The molecule has 0 aromatic heterocycles. The molecule has 4 rings (SSSR count). The largest absolute Gasteiger partial charge is 0.0836 e. The van der Waals surface area contributed by atoms with Gasteiger partial charge in [-0.15, -0.1) is 0 Å². The molecule has 0 spiro atoms. The highest BCUT2D eigenvalue weighted by Crippen LogP contribution is 2.41. The molecule has 0 N–H and O–H groups in total. The first-order chi connectivity index (χ1) is 13.9. The van der Waals surface area contributed by atoms with E-state index in [2.05, 4.69) is 99.6 Å². The quantitative estimate of drug-likeness (QED) is 0.325. The second-order valence-electron chi connectivity index (χ2n) is 8.40. The number of halogens is 1. The van der Waals surface area contributed by atoms with Crippen LogP contribution in [0.5, 0.6) is 0 Å². The SMILES string of the molecule is CC(C)(C)c1ccc(-c2c(Cl)cccc2-c2ccccc2-c2ccccc2)cc1. The van der Waals surface area contributed by atoms with Gasteiger partial charge in [-0.05, 0) is 44.9 Å². The third-order valence-corrected chi connectivity index (χ3v) is 5.67. The summed E-state index contributed by atoms with van der Waals surface area (Å²) in [5, 5.41) is 0.772. The third kappa shape index (κ3) is 3.99. The highest BCUT2D eigenvalue weighted by atomic mass is 35.5. The molecule has 4 aromatic carbocycles. The molecular formula is C28H25Cl. The number of rotatable bonds is 3. The summed E-state index contributed by atoms with van der Waals surface area (Å²) in [6, 6.07) is 34.0. The molecule has 0 bridgehead atoms. The Balaban J connectivity index is 1.90. The molecule has 144 valence electrons. The average molecular weight is 397 g/mol. The van der Waals surface area contributed by atoms with Crippen molar-refractivity contribution in [2.75, 3.05) is 0 Å². The first kappa shape index (κ1) is 19.5. The van der Waals surface area contributed by atoms with E-state index >= 15 is 0 Å². The lowest BCUT2D eigenvalue weighted by molar-refractivity contribution is 0.590. The van der Waals surface area contributed by atoms with Crippen LogP contribution in [0, 0.1) is 0 Å². The lowest BCUT2D eigenvalue weighted by atomic mass is 9.85. The van der Waals surface area contributed by atoms with E-state index in [1.54, 1.807) is 0 Å². The summed E-state index contributed by atoms with van der Waals surface area (Å²) in [5.74, 6) is 0. The number of benzene rings is 4. The third-order valence-electron chi connectivity index (χ3n) is 5.36. The van der Waals surface area contributed by atoms with Crippen molar-refractivity contribution in [3.63, 3.8) is 0 Å². The summed E-state index contributed by atoms with van der Waals surface area (Å²) in [5.41, 5.74) is 8.43. The first-order valence-corrected chi connectivity index (χ1v) is 10.4. The fraction of sp³-hybridized carbons (Fsp3) is 0.143. The van der Waals surface area contributed by atoms with Gasteiger partial charge < -0.3 is 0 Å². The van der Waals surface area contributed by atoms with E-state index < -0.39 is 0 Å². The van der Waals surface area contributed by atoms with Crippen LogP contribution in [-0.2, 0) is 5.41 Å². The monoisotopic (exact) mass is 396 g/mol. The summed E-state index contributed by atoms with van der Waals surface area (Å²) in [4.78, 5) is 0.